The first-order valence-corrected chi connectivity index (χ1v) is 8.64. The van der Waals surface area contributed by atoms with Crippen LogP contribution in [0.5, 0.6) is 0 Å². The number of sulfonamides is 1. The van der Waals surface area contributed by atoms with E-state index in [0.29, 0.717) is 13.1 Å². The molecule has 1 unspecified atom stereocenters. The molecule has 1 amide bonds. The lowest BCUT2D eigenvalue weighted by molar-refractivity contribution is -0.138. The van der Waals surface area contributed by atoms with Crippen molar-refractivity contribution in [2.45, 2.75) is 31.7 Å². The number of rotatable bonds is 3. The predicted octanol–water partition coefficient (Wildman–Crippen LogP) is -0.359. The Hall–Kier alpha value is -0.660. The maximum Gasteiger partial charge on any atom is 0.227 e. The minimum Gasteiger partial charge on any atom is -0.394 e. The molecule has 0 bridgehead atoms. The number of aliphatic hydroxyl groups is 1. The van der Waals surface area contributed by atoms with Crippen molar-refractivity contribution in [2.75, 3.05) is 32.5 Å². The maximum atomic E-state index is 12.4. The number of carbonyl (C=O) groups excluding carboxylic acids is 1. The normalized spacial score (nSPS) is 29.7. The van der Waals surface area contributed by atoms with Gasteiger partial charge in [-0.15, -0.1) is 0 Å². The van der Waals surface area contributed by atoms with Crippen LogP contribution in [-0.2, 0) is 14.8 Å². The second-order valence-electron chi connectivity index (χ2n) is 5.47. The van der Waals surface area contributed by atoms with E-state index in [-0.39, 0.29) is 31.0 Å². The van der Waals surface area contributed by atoms with Gasteiger partial charge in [-0.2, -0.15) is 0 Å². The van der Waals surface area contributed by atoms with Crippen LogP contribution >= 0.6 is 0 Å². The van der Waals surface area contributed by atoms with Gasteiger partial charge >= 0.3 is 0 Å². The van der Waals surface area contributed by atoms with Crippen molar-refractivity contribution >= 4 is 15.9 Å². The Kier molecular flexibility index (Phi) is 4.47. The van der Waals surface area contributed by atoms with Gasteiger partial charge in [0.1, 0.15) is 0 Å². The van der Waals surface area contributed by atoms with Gasteiger partial charge in [-0.1, -0.05) is 0 Å². The highest BCUT2D eigenvalue weighted by Crippen LogP contribution is 2.25. The second kappa shape index (κ2) is 5.76. The number of piperidine rings is 1. The molecule has 2 heterocycles. The van der Waals surface area contributed by atoms with E-state index in [1.165, 1.54) is 10.6 Å². The summed E-state index contributed by atoms with van der Waals surface area (Å²) in [5.74, 6) is -0.250. The molecule has 110 valence electrons. The molecule has 0 aromatic heterocycles. The average Bonchev–Trinajstić information content (AvgIpc) is 2.85. The molecule has 7 heteroatoms. The number of carbonyl (C=O) groups is 1. The van der Waals surface area contributed by atoms with Crippen LogP contribution in [0.25, 0.3) is 0 Å². The zero-order valence-electron chi connectivity index (χ0n) is 11.3. The second-order valence-corrected chi connectivity index (χ2v) is 7.45. The van der Waals surface area contributed by atoms with Crippen LogP contribution in [0, 0.1) is 5.92 Å². The molecule has 2 aliphatic rings. The Balaban J connectivity index is 2.03. The summed E-state index contributed by atoms with van der Waals surface area (Å²) < 4.78 is 24.5. The topological polar surface area (TPSA) is 77.9 Å². The first-order valence-electron chi connectivity index (χ1n) is 6.80. The third kappa shape index (κ3) is 3.27. The number of amides is 1. The molecule has 0 aliphatic carbocycles. The van der Waals surface area contributed by atoms with Crippen LogP contribution < -0.4 is 0 Å². The summed E-state index contributed by atoms with van der Waals surface area (Å²) in [5, 5.41) is 9.26. The SMILES string of the molecule is CS(=O)(=O)N1CCCC(C(=O)N2CCC[C@H]2CO)C1. The average molecular weight is 290 g/mol. The molecule has 0 aromatic carbocycles. The summed E-state index contributed by atoms with van der Waals surface area (Å²) in [6, 6.07) is -0.0823. The Bertz CT molecular complexity index is 437. The van der Waals surface area contributed by atoms with E-state index in [1.807, 2.05) is 0 Å². The molecule has 2 fully saturated rings. The van der Waals surface area contributed by atoms with Gasteiger partial charge in [0.05, 0.1) is 24.8 Å². The van der Waals surface area contributed by atoms with Gasteiger partial charge in [-0.05, 0) is 25.7 Å². The Morgan fingerprint density at radius 3 is 2.58 bits per heavy atom. The predicted molar refractivity (Wildman–Crippen MR) is 71.0 cm³/mol. The van der Waals surface area contributed by atoms with E-state index in [4.69, 9.17) is 0 Å². The van der Waals surface area contributed by atoms with E-state index in [2.05, 4.69) is 0 Å². The van der Waals surface area contributed by atoms with Crippen LogP contribution in [0.4, 0.5) is 0 Å². The molecule has 2 atom stereocenters. The highest BCUT2D eigenvalue weighted by molar-refractivity contribution is 7.88. The van der Waals surface area contributed by atoms with Crippen LogP contribution in [0.3, 0.4) is 0 Å². The first-order chi connectivity index (χ1) is 8.93. The van der Waals surface area contributed by atoms with Crippen molar-refractivity contribution in [1.82, 2.24) is 9.21 Å². The van der Waals surface area contributed by atoms with Crippen molar-refractivity contribution in [3.8, 4) is 0 Å². The van der Waals surface area contributed by atoms with E-state index in [0.717, 1.165) is 25.7 Å². The van der Waals surface area contributed by atoms with Crippen molar-refractivity contribution in [1.29, 1.82) is 0 Å². The van der Waals surface area contributed by atoms with Crippen LogP contribution in [0.15, 0.2) is 0 Å². The summed E-state index contributed by atoms with van der Waals surface area (Å²) in [6.45, 7) is 1.46. The van der Waals surface area contributed by atoms with Crippen molar-refractivity contribution < 1.29 is 18.3 Å². The van der Waals surface area contributed by atoms with Gasteiger partial charge in [-0.25, -0.2) is 12.7 Å². The zero-order chi connectivity index (χ0) is 14.0. The van der Waals surface area contributed by atoms with Crippen molar-refractivity contribution in [3.63, 3.8) is 0 Å². The molecule has 6 nitrogen and oxygen atoms in total. The van der Waals surface area contributed by atoms with Crippen LogP contribution in [-0.4, -0.2) is 67.2 Å². The molecular formula is C12H22N2O4S. The third-order valence-electron chi connectivity index (χ3n) is 4.07. The minimum atomic E-state index is -3.22. The highest BCUT2D eigenvalue weighted by Gasteiger charge is 2.36. The number of nitrogens with zero attached hydrogens (tertiary/aromatic N) is 2. The van der Waals surface area contributed by atoms with E-state index in [9.17, 15) is 18.3 Å². The fourth-order valence-corrected chi connectivity index (χ4v) is 3.91. The molecule has 0 spiro atoms. The standard InChI is InChI=1S/C12H22N2O4S/c1-19(17,18)13-6-2-4-10(8-13)12(16)14-7-3-5-11(14)9-15/h10-11,15H,2-9H2,1H3/t10?,11-/m0/s1. The van der Waals surface area contributed by atoms with Crippen LogP contribution in [0.1, 0.15) is 25.7 Å². The molecule has 2 rings (SSSR count). The van der Waals surface area contributed by atoms with Gasteiger partial charge in [-0.3, -0.25) is 4.79 Å². The summed E-state index contributed by atoms with van der Waals surface area (Å²) in [6.07, 6.45) is 4.40. The molecular weight excluding hydrogens is 268 g/mol. The Morgan fingerprint density at radius 1 is 1.26 bits per heavy atom. The fourth-order valence-electron chi connectivity index (χ4n) is 3.00. The molecule has 0 aromatic rings. The summed E-state index contributed by atoms with van der Waals surface area (Å²) in [4.78, 5) is 14.2. The van der Waals surface area contributed by atoms with E-state index < -0.39 is 10.0 Å². The number of hydrogen-bond acceptors (Lipinski definition) is 4. The molecule has 0 radical (unpaired) electrons. The quantitative estimate of drug-likeness (QED) is 0.770. The van der Waals surface area contributed by atoms with Gasteiger partial charge in [0.15, 0.2) is 0 Å². The maximum absolute atomic E-state index is 12.4. The molecule has 1 N–H and O–H groups in total. The minimum absolute atomic E-state index is 0.00454. The lowest BCUT2D eigenvalue weighted by Crippen LogP contribution is -2.48. The molecule has 2 saturated heterocycles. The fraction of sp³-hybridized carbons (Fsp3) is 0.917. The lowest BCUT2D eigenvalue weighted by Gasteiger charge is -2.34. The van der Waals surface area contributed by atoms with Crippen LogP contribution in [0.2, 0.25) is 0 Å². The van der Waals surface area contributed by atoms with Gasteiger partial charge < -0.3 is 10.0 Å². The number of hydrogen-bond donors (Lipinski definition) is 1. The van der Waals surface area contributed by atoms with Gasteiger partial charge in [0.25, 0.3) is 0 Å². The Morgan fingerprint density at radius 2 is 1.95 bits per heavy atom. The van der Waals surface area contributed by atoms with Crippen molar-refractivity contribution in [3.05, 3.63) is 0 Å². The van der Waals surface area contributed by atoms with Gasteiger partial charge in [0, 0.05) is 19.6 Å². The molecule has 19 heavy (non-hydrogen) atoms. The summed E-state index contributed by atoms with van der Waals surface area (Å²) in [7, 11) is -3.22. The highest BCUT2D eigenvalue weighted by atomic mass is 32.2. The first kappa shape index (κ1) is 14.7. The number of likely N-dealkylation sites (tertiary alicyclic amines) is 1. The van der Waals surface area contributed by atoms with Gasteiger partial charge in [0.2, 0.25) is 15.9 Å². The summed E-state index contributed by atoms with van der Waals surface area (Å²) in [5.41, 5.74) is 0. The third-order valence-corrected chi connectivity index (χ3v) is 5.34. The Labute approximate surface area is 114 Å². The summed E-state index contributed by atoms with van der Waals surface area (Å²) >= 11 is 0. The largest absolute Gasteiger partial charge is 0.394 e. The van der Waals surface area contributed by atoms with Crippen molar-refractivity contribution in [2.24, 2.45) is 5.92 Å². The lowest BCUT2D eigenvalue weighted by atomic mass is 9.98. The van der Waals surface area contributed by atoms with E-state index in [1.54, 1.807) is 4.90 Å². The molecule has 2 aliphatic heterocycles. The smallest absolute Gasteiger partial charge is 0.227 e. The number of aliphatic hydroxyl groups excluding tert-OH is 1. The van der Waals surface area contributed by atoms with E-state index >= 15 is 0 Å². The monoisotopic (exact) mass is 290 g/mol. The zero-order valence-corrected chi connectivity index (χ0v) is 12.1. The molecule has 0 saturated carbocycles.